The number of likely N-dealkylation sites (tertiary alicyclic amines) is 1. The second-order valence-corrected chi connectivity index (χ2v) is 8.50. The third-order valence-corrected chi connectivity index (χ3v) is 6.60. The van der Waals surface area contributed by atoms with Gasteiger partial charge in [-0.2, -0.15) is 0 Å². The Bertz CT molecular complexity index is 1120. The largest absolute Gasteiger partial charge is 0.369 e. The van der Waals surface area contributed by atoms with E-state index in [0.29, 0.717) is 29.2 Å². The lowest BCUT2D eigenvalue weighted by Crippen LogP contribution is -2.27. The van der Waals surface area contributed by atoms with E-state index >= 15 is 0 Å². The van der Waals surface area contributed by atoms with E-state index in [2.05, 4.69) is 20.6 Å². The number of benzene rings is 1. The van der Waals surface area contributed by atoms with E-state index in [1.165, 1.54) is 23.7 Å². The molecule has 0 spiro atoms. The van der Waals surface area contributed by atoms with Crippen LogP contribution in [-0.2, 0) is 11.3 Å². The zero-order valence-electron chi connectivity index (χ0n) is 17.3. The van der Waals surface area contributed by atoms with Crippen LogP contribution >= 0.6 is 11.3 Å². The average Bonchev–Trinajstić information content (AvgIpc) is 3.33. The van der Waals surface area contributed by atoms with Crippen molar-refractivity contribution in [3.05, 3.63) is 52.4 Å². The molecule has 7 nitrogen and oxygen atoms in total. The molecule has 3 aromatic rings. The van der Waals surface area contributed by atoms with Crippen molar-refractivity contribution in [1.82, 2.24) is 20.2 Å². The summed E-state index contributed by atoms with van der Waals surface area (Å²) in [7, 11) is 0. The Morgan fingerprint density at radius 1 is 1.29 bits per heavy atom. The van der Waals surface area contributed by atoms with Gasteiger partial charge < -0.3 is 15.5 Å². The average molecular weight is 442 g/mol. The number of carbonyl (C=O) groups is 2. The zero-order chi connectivity index (χ0) is 21.8. The van der Waals surface area contributed by atoms with Crippen molar-refractivity contribution in [3.63, 3.8) is 0 Å². The summed E-state index contributed by atoms with van der Waals surface area (Å²) in [6.07, 6.45) is 3.88. The molecular formula is C22H24FN5O2S. The minimum atomic E-state index is -0.344. The number of nitrogens with one attached hydrogen (secondary N) is 2. The molecule has 31 heavy (non-hydrogen) atoms. The third kappa shape index (κ3) is 4.66. The Labute approximate surface area is 183 Å². The fraction of sp³-hybridized carbons (Fsp3) is 0.364. The van der Waals surface area contributed by atoms with Crippen LogP contribution in [0, 0.1) is 12.7 Å². The summed E-state index contributed by atoms with van der Waals surface area (Å²) in [6.45, 7) is 4.22. The Hall–Kier alpha value is -3.07. The van der Waals surface area contributed by atoms with Crippen LogP contribution < -0.4 is 10.6 Å². The maximum Gasteiger partial charge on any atom is 0.261 e. The van der Waals surface area contributed by atoms with Gasteiger partial charge in [0.25, 0.3) is 5.91 Å². The first kappa shape index (κ1) is 21.2. The second kappa shape index (κ2) is 9.38. The van der Waals surface area contributed by atoms with E-state index in [1.54, 1.807) is 18.2 Å². The molecule has 0 atom stereocenters. The van der Waals surface area contributed by atoms with Gasteiger partial charge in [0.1, 0.15) is 22.8 Å². The number of aromatic nitrogens is 2. The number of amides is 2. The number of carbonyl (C=O) groups excluding carboxylic acids is 2. The molecule has 4 rings (SSSR count). The number of thiophene rings is 1. The lowest BCUT2D eigenvalue weighted by atomic mass is 10.2. The van der Waals surface area contributed by atoms with Gasteiger partial charge in [-0.3, -0.25) is 9.59 Å². The van der Waals surface area contributed by atoms with E-state index in [4.69, 9.17) is 0 Å². The van der Waals surface area contributed by atoms with Gasteiger partial charge in [0.15, 0.2) is 0 Å². The summed E-state index contributed by atoms with van der Waals surface area (Å²) in [5.74, 6) is 0.301. The van der Waals surface area contributed by atoms with Crippen LogP contribution in [0.5, 0.6) is 0 Å². The van der Waals surface area contributed by atoms with Gasteiger partial charge in [0.05, 0.1) is 10.3 Å². The highest BCUT2D eigenvalue weighted by atomic mass is 32.1. The maximum atomic E-state index is 13.8. The van der Waals surface area contributed by atoms with E-state index in [-0.39, 0.29) is 24.2 Å². The Morgan fingerprint density at radius 3 is 2.90 bits per heavy atom. The topological polar surface area (TPSA) is 87.2 Å². The monoisotopic (exact) mass is 441 g/mol. The van der Waals surface area contributed by atoms with Crippen LogP contribution in [0.2, 0.25) is 0 Å². The smallest absolute Gasteiger partial charge is 0.261 e. The number of rotatable bonds is 8. The molecule has 3 heterocycles. The fourth-order valence-electron chi connectivity index (χ4n) is 3.74. The fourth-order valence-corrected chi connectivity index (χ4v) is 4.80. The quantitative estimate of drug-likeness (QED) is 0.523. The number of anilines is 1. The van der Waals surface area contributed by atoms with Gasteiger partial charge in [0.2, 0.25) is 5.91 Å². The van der Waals surface area contributed by atoms with Crippen LogP contribution in [0.1, 0.15) is 40.1 Å². The second-order valence-electron chi connectivity index (χ2n) is 7.50. The molecule has 0 bridgehead atoms. The van der Waals surface area contributed by atoms with Crippen molar-refractivity contribution < 1.29 is 14.0 Å². The predicted molar refractivity (Wildman–Crippen MR) is 119 cm³/mol. The van der Waals surface area contributed by atoms with Crippen LogP contribution in [-0.4, -0.2) is 46.3 Å². The summed E-state index contributed by atoms with van der Waals surface area (Å²) in [5.41, 5.74) is 1.23. The maximum absolute atomic E-state index is 13.8. The standard InChI is InChI=1S/C22H24FN5O2S/c1-14-18-20(24-9-5-11-28-10-4-8-17(28)29)26-13-27-22(18)31-19(14)21(30)25-12-15-6-2-3-7-16(15)23/h2-3,6-7,13H,4-5,8-12H2,1H3,(H,25,30)(H,24,26,27). The van der Waals surface area contributed by atoms with Crippen molar-refractivity contribution >= 4 is 39.2 Å². The van der Waals surface area contributed by atoms with Gasteiger partial charge in [-0.25, -0.2) is 14.4 Å². The normalized spacial score (nSPS) is 13.7. The minimum absolute atomic E-state index is 0.116. The van der Waals surface area contributed by atoms with Crippen LogP contribution in [0.15, 0.2) is 30.6 Å². The Balaban J connectivity index is 1.42. The summed E-state index contributed by atoms with van der Waals surface area (Å²) < 4.78 is 13.8. The molecule has 1 saturated heterocycles. The van der Waals surface area contributed by atoms with E-state index < -0.39 is 0 Å². The Morgan fingerprint density at radius 2 is 2.13 bits per heavy atom. The molecular weight excluding hydrogens is 417 g/mol. The first-order valence-corrected chi connectivity index (χ1v) is 11.1. The summed E-state index contributed by atoms with van der Waals surface area (Å²) in [5, 5.41) is 6.93. The van der Waals surface area contributed by atoms with Gasteiger partial charge in [-0.1, -0.05) is 18.2 Å². The number of halogens is 1. The number of aryl methyl sites for hydroxylation is 1. The first-order chi connectivity index (χ1) is 15.0. The highest BCUT2D eigenvalue weighted by Gasteiger charge is 2.21. The SMILES string of the molecule is Cc1c(C(=O)NCc2ccccc2F)sc2ncnc(NCCCN3CCCC3=O)c12. The number of hydrogen-bond donors (Lipinski definition) is 2. The van der Waals surface area contributed by atoms with Gasteiger partial charge in [-0.15, -0.1) is 11.3 Å². The molecule has 2 aromatic heterocycles. The first-order valence-electron chi connectivity index (χ1n) is 10.3. The summed E-state index contributed by atoms with van der Waals surface area (Å²) >= 11 is 1.30. The van der Waals surface area contributed by atoms with Gasteiger partial charge in [-0.05, 0) is 31.4 Å². The van der Waals surface area contributed by atoms with Gasteiger partial charge >= 0.3 is 0 Å². The molecule has 0 aliphatic carbocycles. The lowest BCUT2D eigenvalue weighted by Gasteiger charge is -2.15. The van der Waals surface area contributed by atoms with Crippen LogP contribution in [0.4, 0.5) is 10.2 Å². The molecule has 1 aromatic carbocycles. The van der Waals surface area contributed by atoms with Gasteiger partial charge in [0, 0.05) is 38.2 Å². The predicted octanol–water partition coefficient (Wildman–Crippen LogP) is 3.49. The van der Waals surface area contributed by atoms with Crippen molar-refractivity contribution in [3.8, 4) is 0 Å². The molecule has 0 radical (unpaired) electrons. The number of nitrogens with zero attached hydrogens (tertiary/aromatic N) is 3. The molecule has 2 N–H and O–H groups in total. The molecule has 162 valence electrons. The number of hydrogen-bond acceptors (Lipinski definition) is 6. The van der Waals surface area contributed by atoms with Crippen LogP contribution in [0.3, 0.4) is 0 Å². The van der Waals surface area contributed by atoms with Crippen molar-refractivity contribution in [2.45, 2.75) is 32.7 Å². The van der Waals surface area contributed by atoms with E-state index in [9.17, 15) is 14.0 Å². The summed E-state index contributed by atoms with van der Waals surface area (Å²) in [4.78, 5) is 36.3. The highest BCUT2D eigenvalue weighted by Crippen LogP contribution is 2.33. The number of fused-ring (bicyclic) bond motifs is 1. The lowest BCUT2D eigenvalue weighted by molar-refractivity contribution is -0.127. The highest BCUT2D eigenvalue weighted by molar-refractivity contribution is 7.20. The van der Waals surface area contributed by atoms with Crippen molar-refractivity contribution in [2.24, 2.45) is 0 Å². The van der Waals surface area contributed by atoms with E-state index in [1.807, 2.05) is 11.8 Å². The molecule has 1 aliphatic rings. The third-order valence-electron chi connectivity index (χ3n) is 5.40. The molecule has 1 fully saturated rings. The van der Waals surface area contributed by atoms with Crippen molar-refractivity contribution in [2.75, 3.05) is 25.0 Å². The molecule has 9 heteroatoms. The minimum Gasteiger partial charge on any atom is -0.369 e. The Kier molecular flexibility index (Phi) is 6.41. The van der Waals surface area contributed by atoms with E-state index in [0.717, 1.165) is 41.7 Å². The molecule has 0 saturated carbocycles. The van der Waals surface area contributed by atoms with Crippen LogP contribution in [0.25, 0.3) is 10.2 Å². The molecule has 2 amide bonds. The molecule has 1 aliphatic heterocycles. The van der Waals surface area contributed by atoms with Crippen molar-refractivity contribution in [1.29, 1.82) is 0 Å². The summed E-state index contributed by atoms with van der Waals surface area (Å²) in [6, 6.07) is 6.38. The zero-order valence-corrected chi connectivity index (χ0v) is 18.1. The molecule has 0 unspecified atom stereocenters.